The van der Waals surface area contributed by atoms with Gasteiger partial charge < -0.3 is 10.1 Å². The Morgan fingerprint density at radius 1 is 1.10 bits per heavy atom. The molecule has 1 aliphatic heterocycles. The second-order valence-electron chi connectivity index (χ2n) is 7.30. The first-order valence-electron chi connectivity index (χ1n) is 9.95. The minimum atomic E-state index is -3.39. The van der Waals surface area contributed by atoms with Crippen molar-refractivity contribution in [3.63, 3.8) is 0 Å². The summed E-state index contributed by atoms with van der Waals surface area (Å²) in [5, 5.41) is 2.92. The smallest absolute Gasteiger partial charge is 0.227 e. The van der Waals surface area contributed by atoms with Crippen molar-refractivity contribution in [2.24, 2.45) is 5.92 Å². The van der Waals surface area contributed by atoms with Crippen LogP contribution in [0, 0.1) is 12.8 Å². The van der Waals surface area contributed by atoms with E-state index in [1.807, 2.05) is 62.4 Å². The molecule has 0 radical (unpaired) electrons. The van der Waals surface area contributed by atoms with Crippen LogP contribution in [0.25, 0.3) is 0 Å². The third-order valence-electron chi connectivity index (χ3n) is 5.25. The Morgan fingerprint density at radius 2 is 1.76 bits per heavy atom. The largest absolute Gasteiger partial charge is 0.494 e. The number of anilines is 1. The van der Waals surface area contributed by atoms with Gasteiger partial charge in [0.15, 0.2) is 0 Å². The average molecular weight is 417 g/mol. The van der Waals surface area contributed by atoms with Gasteiger partial charge in [0.1, 0.15) is 5.75 Å². The summed E-state index contributed by atoms with van der Waals surface area (Å²) in [5.41, 5.74) is 2.51. The Bertz CT molecular complexity index is 934. The van der Waals surface area contributed by atoms with Crippen LogP contribution >= 0.6 is 0 Å². The molecule has 156 valence electrons. The van der Waals surface area contributed by atoms with Gasteiger partial charge in [-0.1, -0.05) is 24.3 Å². The summed E-state index contributed by atoms with van der Waals surface area (Å²) in [6, 6.07) is 14.8. The van der Waals surface area contributed by atoms with Crippen LogP contribution in [0.15, 0.2) is 48.5 Å². The molecule has 7 heteroatoms. The third kappa shape index (κ3) is 5.58. The van der Waals surface area contributed by atoms with Gasteiger partial charge in [0.05, 0.1) is 12.4 Å². The summed E-state index contributed by atoms with van der Waals surface area (Å²) in [6.07, 6.45) is 1.05. The Balaban J connectivity index is 1.54. The molecule has 0 unspecified atom stereocenters. The maximum atomic E-state index is 12.8. The van der Waals surface area contributed by atoms with Gasteiger partial charge in [0.25, 0.3) is 0 Å². The van der Waals surface area contributed by atoms with E-state index in [1.165, 1.54) is 4.31 Å². The maximum absolute atomic E-state index is 12.8. The van der Waals surface area contributed by atoms with Crippen molar-refractivity contribution >= 4 is 21.6 Å². The highest BCUT2D eigenvalue weighted by Gasteiger charge is 2.31. The van der Waals surface area contributed by atoms with Crippen molar-refractivity contribution < 1.29 is 17.9 Å². The summed E-state index contributed by atoms with van der Waals surface area (Å²) < 4.78 is 32.5. The molecule has 0 aromatic heterocycles. The minimum Gasteiger partial charge on any atom is -0.494 e. The number of sulfonamides is 1. The summed E-state index contributed by atoms with van der Waals surface area (Å²) in [4.78, 5) is 12.6. The molecule has 0 saturated carbocycles. The first kappa shape index (κ1) is 21.3. The molecule has 29 heavy (non-hydrogen) atoms. The van der Waals surface area contributed by atoms with Gasteiger partial charge in [0, 0.05) is 24.7 Å². The SMILES string of the molecule is CCOc1ccc(NC(=O)C2CCN(S(=O)(=O)Cc3ccccc3C)CC2)cc1. The third-order valence-corrected chi connectivity index (χ3v) is 7.08. The molecule has 2 aromatic rings. The second kappa shape index (κ2) is 9.41. The predicted molar refractivity (Wildman–Crippen MR) is 114 cm³/mol. The zero-order chi connectivity index (χ0) is 20.9. The molecule has 1 amide bonds. The van der Waals surface area contributed by atoms with E-state index in [-0.39, 0.29) is 17.6 Å². The van der Waals surface area contributed by atoms with Gasteiger partial charge in [-0.2, -0.15) is 0 Å². The molecule has 1 fully saturated rings. The van der Waals surface area contributed by atoms with Crippen molar-refractivity contribution in [1.82, 2.24) is 4.31 Å². The van der Waals surface area contributed by atoms with E-state index >= 15 is 0 Å². The molecule has 1 N–H and O–H groups in total. The highest BCUT2D eigenvalue weighted by Crippen LogP contribution is 2.24. The monoisotopic (exact) mass is 416 g/mol. The molecule has 0 aliphatic carbocycles. The number of piperidine rings is 1. The highest BCUT2D eigenvalue weighted by atomic mass is 32.2. The molecular weight excluding hydrogens is 388 g/mol. The number of benzene rings is 2. The Labute approximate surface area is 172 Å². The van der Waals surface area contributed by atoms with Crippen molar-refractivity contribution in [3.05, 3.63) is 59.7 Å². The van der Waals surface area contributed by atoms with Gasteiger partial charge in [-0.3, -0.25) is 4.79 Å². The molecule has 3 rings (SSSR count). The number of hydrogen-bond acceptors (Lipinski definition) is 4. The van der Waals surface area contributed by atoms with Crippen molar-refractivity contribution in [2.75, 3.05) is 25.0 Å². The number of hydrogen-bond donors (Lipinski definition) is 1. The molecule has 1 aliphatic rings. The van der Waals surface area contributed by atoms with Crippen LogP contribution < -0.4 is 10.1 Å². The number of nitrogens with one attached hydrogen (secondary N) is 1. The van der Waals surface area contributed by atoms with Crippen molar-refractivity contribution in [1.29, 1.82) is 0 Å². The molecule has 0 bridgehead atoms. The van der Waals surface area contributed by atoms with E-state index in [4.69, 9.17) is 4.74 Å². The number of rotatable bonds is 7. The van der Waals surface area contributed by atoms with Gasteiger partial charge in [0.2, 0.25) is 15.9 Å². The van der Waals surface area contributed by atoms with Crippen LogP contribution in [-0.4, -0.2) is 38.3 Å². The lowest BCUT2D eigenvalue weighted by atomic mass is 9.97. The van der Waals surface area contributed by atoms with Gasteiger partial charge in [-0.15, -0.1) is 0 Å². The molecule has 6 nitrogen and oxygen atoms in total. The summed E-state index contributed by atoms with van der Waals surface area (Å²) in [7, 11) is -3.39. The van der Waals surface area contributed by atoms with Crippen LogP contribution in [0.1, 0.15) is 30.9 Å². The minimum absolute atomic E-state index is 0.00269. The molecule has 1 saturated heterocycles. The summed E-state index contributed by atoms with van der Waals surface area (Å²) >= 11 is 0. The lowest BCUT2D eigenvalue weighted by molar-refractivity contribution is -0.120. The fourth-order valence-electron chi connectivity index (χ4n) is 3.50. The zero-order valence-electron chi connectivity index (χ0n) is 16.9. The molecule has 2 aromatic carbocycles. The van der Waals surface area contributed by atoms with Gasteiger partial charge in [-0.05, 0) is 62.1 Å². The molecule has 0 atom stereocenters. The molecule has 0 spiro atoms. The number of ether oxygens (including phenoxy) is 1. The van der Waals surface area contributed by atoms with Gasteiger partial charge in [-0.25, -0.2) is 12.7 Å². The normalized spacial score (nSPS) is 15.8. The first-order valence-corrected chi connectivity index (χ1v) is 11.6. The number of carbonyl (C=O) groups excluding carboxylic acids is 1. The van der Waals surface area contributed by atoms with Crippen LogP contribution in [0.5, 0.6) is 5.75 Å². The fraction of sp³-hybridized carbons (Fsp3) is 0.409. The van der Waals surface area contributed by atoms with Crippen LogP contribution in [0.2, 0.25) is 0 Å². The topological polar surface area (TPSA) is 75.7 Å². The Hall–Kier alpha value is -2.38. The maximum Gasteiger partial charge on any atom is 0.227 e. The zero-order valence-corrected chi connectivity index (χ0v) is 17.7. The highest BCUT2D eigenvalue weighted by molar-refractivity contribution is 7.88. The van der Waals surface area contributed by atoms with E-state index in [0.717, 1.165) is 16.9 Å². The molecular formula is C22H28N2O4S. The number of amides is 1. The summed E-state index contributed by atoms with van der Waals surface area (Å²) in [5.74, 6) is 0.511. The quantitative estimate of drug-likeness (QED) is 0.749. The van der Waals surface area contributed by atoms with Crippen molar-refractivity contribution in [2.45, 2.75) is 32.4 Å². The van der Waals surface area contributed by atoms with Crippen LogP contribution in [0.4, 0.5) is 5.69 Å². The van der Waals surface area contributed by atoms with E-state index in [2.05, 4.69) is 5.32 Å². The standard InChI is InChI=1S/C22H28N2O4S/c1-3-28-21-10-8-20(9-11-21)23-22(25)18-12-14-24(15-13-18)29(26,27)16-19-7-5-4-6-17(19)2/h4-11,18H,3,12-16H2,1-2H3,(H,23,25). The van der Waals surface area contributed by atoms with E-state index in [0.29, 0.717) is 38.2 Å². The van der Waals surface area contributed by atoms with Crippen LogP contribution in [0.3, 0.4) is 0 Å². The number of carbonyl (C=O) groups is 1. The Kier molecular flexibility index (Phi) is 6.92. The van der Waals surface area contributed by atoms with Gasteiger partial charge >= 0.3 is 0 Å². The predicted octanol–water partition coefficient (Wildman–Crippen LogP) is 3.57. The number of aryl methyl sites for hydroxylation is 1. The average Bonchev–Trinajstić information content (AvgIpc) is 2.71. The number of nitrogens with zero attached hydrogens (tertiary/aromatic N) is 1. The lowest BCUT2D eigenvalue weighted by Gasteiger charge is -2.30. The van der Waals surface area contributed by atoms with E-state index < -0.39 is 10.0 Å². The van der Waals surface area contributed by atoms with E-state index in [9.17, 15) is 13.2 Å². The fourth-order valence-corrected chi connectivity index (χ4v) is 5.17. The van der Waals surface area contributed by atoms with Crippen LogP contribution in [-0.2, 0) is 20.6 Å². The van der Waals surface area contributed by atoms with E-state index in [1.54, 1.807) is 0 Å². The van der Waals surface area contributed by atoms with Crippen molar-refractivity contribution in [3.8, 4) is 5.75 Å². The summed E-state index contributed by atoms with van der Waals surface area (Å²) in [6.45, 7) is 5.17. The molecule has 1 heterocycles. The lowest BCUT2D eigenvalue weighted by Crippen LogP contribution is -2.41. The first-order chi connectivity index (χ1) is 13.9. The Morgan fingerprint density at radius 3 is 2.38 bits per heavy atom. The second-order valence-corrected chi connectivity index (χ2v) is 9.27.